The highest BCUT2D eigenvalue weighted by molar-refractivity contribution is 6.32. The first-order valence-corrected chi connectivity index (χ1v) is 8.23. The van der Waals surface area contributed by atoms with Gasteiger partial charge in [0.15, 0.2) is 0 Å². The summed E-state index contributed by atoms with van der Waals surface area (Å²) in [7, 11) is 1.72. The van der Waals surface area contributed by atoms with Gasteiger partial charge in [-0.25, -0.2) is 0 Å². The summed E-state index contributed by atoms with van der Waals surface area (Å²) in [4.78, 5) is 13.1. The van der Waals surface area contributed by atoms with Crippen LogP contribution in [0, 0.1) is 11.3 Å². The van der Waals surface area contributed by atoms with Gasteiger partial charge in [-0.2, -0.15) is 5.26 Å². The molecular formula is C19H16Cl2N2O2. The van der Waals surface area contributed by atoms with E-state index in [4.69, 9.17) is 33.2 Å². The second kappa shape index (κ2) is 8.57. The number of nitrogens with zero attached hydrogens (tertiary/aromatic N) is 2. The molecule has 2 rings (SSSR count). The van der Waals surface area contributed by atoms with E-state index >= 15 is 0 Å². The average Bonchev–Trinajstić information content (AvgIpc) is 2.60. The predicted molar refractivity (Wildman–Crippen MR) is 99.2 cm³/mol. The number of nitriles is 1. The Labute approximate surface area is 156 Å². The molecule has 0 bridgehead atoms. The number of carbonyl (C=O) groups excluding carboxylic acids is 1. The zero-order chi connectivity index (χ0) is 18.4. The maximum Gasteiger partial charge on any atom is 0.245 e. The van der Waals surface area contributed by atoms with E-state index in [1.165, 1.54) is 6.08 Å². The summed E-state index contributed by atoms with van der Waals surface area (Å²) in [6.07, 6.45) is 1.92. The number of halogens is 2. The van der Waals surface area contributed by atoms with Gasteiger partial charge in [0, 0.05) is 18.6 Å². The van der Waals surface area contributed by atoms with Crippen LogP contribution in [0.15, 0.2) is 49.1 Å². The van der Waals surface area contributed by atoms with Crippen molar-refractivity contribution in [1.82, 2.24) is 4.90 Å². The molecule has 0 saturated carbocycles. The van der Waals surface area contributed by atoms with Gasteiger partial charge in [-0.15, -0.1) is 0 Å². The van der Waals surface area contributed by atoms with Crippen LogP contribution in [0.5, 0.6) is 11.5 Å². The van der Waals surface area contributed by atoms with Gasteiger partial charge in [-0.05, 0) is 48.4 Å². The SMILES string of the molecule is C=CC(=O)N(C)CCc1ccc(Cl)c(Oc2cc(Cl)cc(C#N)c2)c1. The molecule has 0 aliphatic heterocycles. The van der Waals surface area contributed by atoms with Crippen molar-refractivity contribution >= 4 is 29.1 Å². The third-order valence-electron chi connectivity index (χ3n) is 3.51. The van der Waals surface area contributed by atoms with Gasteiger partial charge in [0.1, 0.15) is 11.5 Å². The lowest BCUT2D eigenvalue weighted by molar-refractivity contribution is -0.124. The minimum atomic E-state index is -0.131. The molecule has 1 amide bonds. The number of likely N-dealkylation sites (N-methyl/N-ethyl adjacent to an activating group) is 1. The third kappa shape index (κ3) is 5.25. The second-order valence-electron chi connectivity index (χ2n) is 5.37. The number of hydrogen-bond acceptors (Lipinski definition) is 3. The number of carbonyl (C=O) groups is 1. The lowest BCUT2D eigenvalue weighted by atomic mass is 10.1. The Kier molecular flexibility index (Phi) is 6.46. The molecule has 128 valence electrons. The van der Waals surface area contributed by atoms with Crippen molar-refractivity contribution in [3.8, 4) is 17.6 Å². The number of rotatable bonds is 6. The lowest BCUT2D eigenvalue weighted by Crippen LogP contribution is -2.26. The van der Waals surface area contributed by atoms with Crippen LogP contribution < -0.4 is 4.74 Å². The van der Waals surface area contributed by atoms with Crippen molar-refractivity contribution in [1.29, 1.82) is 5.26 Å². The van der Waals surface area contributed by atoms with E-state index < -0.39 is 0 Å². The summed E-state index contributed by atoms with van der Waals surface area (Å²) >= 11 is 12.2. The van der Waals surface area contributed by atoms with Crippen LogP contribution in [0.1, 0.15) is 11.1 Å². The van der Waals surface area contributed by atoms with Crippen molar-refractivity contribution in [3.63, 3.8) is 0 Å². The molecule has 0 N–H and O–H groups in total. The minimum absolute atomic E-state index is 0.131. The summed E-state index contributed by atoms with van der Waals surface area (Å²) in [5, 5.41) is 9.86. The van der Waals surface area contributed by atoms with Gasteiger partial charge in [0.2, 0.25) is 5.91 Å². The molecule has 0 aliphatic rings. The monoisotopic (exact) mass is 374 g/mol. The number of benzene rings is 2. The van der Waals surface area contributed by atoms with Crippen molar-refractivity contribution in [2.45, 2.75) is 6.42 Å². The summed E-state index contributed by atoms with van der Waals surface area (Å²) in [5.74, 6) is 0.762. The molecular weight excluding hydrogens is 359 g/mol. The Balaban J connectivity index is 2.16. The van der Waals surface area contributed by atoms with Crippen LogP contribution in [-0.4, -0.2) is 24.4 Å². The third-order valence-corrected chi connectivity index (χ3v) is 4.04. The molecule has 0 aromatic heterocycles. The zero-order valence-electron chi connectivity index (χ0n) is 13.6. The summed E-state index contributed by atoms with van der Waals surface area (Å²) in [6.45, 7) is 4.01. The Morgan fingerprint density at radius 3 is 2.76 bits per heavy atom. The van der Waals surface area contributed by atoms with E-state index in [0.717, 1.165) is 5.56 Å². The van der Waals surface area contributed by atoms with Crippen LogP contribution in [0.25, 0.3) is 0 Å². The van der Waals surface area contributed by atoms with Gasteiger partial charge < -0.3 is 9.64 Å². The van der Waals surface area contributed by atoms with E-state index in [-0.39, 0.29) is 5.91 Å². The molecule has 0 spiro atoms. The fraction of sp³-hybridized carbons (Fsp3) is 0.158. The van der Waals surface area contributed by atoms with Gasteiger partial charge in [-0.3, -0.25) is 4.79 Å². The molecule has 0 unspecified atom stereocenters. The molecule has 0 atom stereocenters. The minimum Gasteiger partial charge on any atom is -0.456 e. The van der Waals surface area contributed by atoms with Crippen LogP contribution in [0.3, 0.4) is 0 Å². The number of amides is 1. The largest absolute Gasteiger partial charge is 0.456 e. The van der Waals surface area contributed by atoms with E-state index in [2.05, 4.69) is 6.58 Å². The Bertz CT molecular complexity index is 844. The molecule has 4 nitrogen and oxygen atoms in total. The fourth-order valence-corrected chi connectivity index (χ4v) is 2.54. The Morgan fingerprint density at radius 2 is 2.08 bits per heavy atom. The van der Waals surface area contributed by atoms with Crippen molar-refractivity contribution in [2.75, 3.05) is 13.6 Å². The Morgan fingerprint density at radius 1 is 1.32 bits per heavy atom. The molecule has 6 heteroatoms. The zero-order valence-corrected chi connectivity index (χ0v) is 15.1. The molecule has 2 aromatic carbocycles. The number of ether oxygens (including phenoxy) is 1. The molecule has 2 aromatic rings. The van der Waals surface area contributed by atoms with Gasteiger partial charge in [0.25, 0.3) is 0 Å². The van der Waals surface area contributed by atoms with Gasteiger partial charge >= 0.3 is 0 Å². The summed E-state index contributed by atoms with van der Waals surface area (Å²) in [5.41, 5.74) is 1.37. The van der Waals surface area contributed by atoms with Crippen molar-refractivity contribution < 1.29 is 9.53 Å². The highest BCUT2D eigenvalue weighted by Gasteiger charge is 2.09. The van der Waals surface area contributed by atoms with Crippen LogP contribution in [0.2, 0.25) is 10.0 Å². The van der Waals surface area contributed by atoms with E-state index in [1.54, 1.807) is 36.2 Å². The van der Waals surface area contributed by atoms with Crippen molar-refractivity contribution in [3.05, 3.63) is 70.2 Å². The molecule has 0 fully saturated rings. The first-order valence-electron chi connectivity index (χ1n) is 7.47. The maximum absolute atomic E-state index is 11.5. The van der Waals surface area contributed by atoms with Gasteiger partial charge in [0.05, 0.1) is 16.7 Å². The van der Waals surface area contributed by atoms with E-state index in [0.29, 0.717) is 40.1 Å². The standard InChI is InChI=1S/C19H16Cl2N2O2/c1-3-19(24)23(2)7-6-13-4-5-17(21)18(10-13)25-16-9-14(12-22)8-15(20)11-16/h3-5,8-11H,1,6-7H2,2H3. The number of hydrogen-bond donors (Lipinski definition) is 0. The van der Waals surface area contributed by atoms with Crippen LogP contribution in [-0.2, 0) is 11.2 Å². The topological polar surface area (TPSA) is 53.3 Å². The lowest BCUT2D eigenvalue weighted by Gasteiger charge is -2.15. The highest BCUT2D eigenvalue weighted by atomic mass is 35.5. The molecule has 0 aliphatic carbocycles. The van der Waals surface area contributed by atoms with Crippen molar-refractivity contribution in [2.24, 2.45) is 0 Å². The van der Waals surface area contributed by atoms with E-state index in [9.17, 15) is 4.79 Å². The Hall–Kier alpha value is -2.48. The van der Waals surface area contributed by atoms with Crippen LogP contribution >= 0.6 is 23.2 Å². The van der Waals surface area contributed by atoms with Gasteiger partial charge in [-0.1, -0.05) is 35.8 Å². The molecule has 25 heavy (non-hydrogen) atoms. The quantitative estimate of drug-likeness (QED) is 0.679. The highest BCUT2D eigenvalue weighted by Crippen LogP contribution is 2.32. The van der Waals surface area contributed by atoms with E-state index in [1.807, 2.05) is 18.2 Å². The normalized spacial score (nSPS) is 10.0. The second-order valence-corrected chi connectivity index (χ2v) is 6.21. The smallest absolute Gasteiger partial charge is 0.245 e. The molecule has 0 radical (unpaired) electrons. The first kappa shape index (κ1) is 18.9. The van der Waals surface area contributed by atoms with Crippen LogP contribution in [0.4, 0.5) is 0 Å². The molecule has 0 heterocycles. The molecule has 0 saturated heterocycles. The summed E-state index contributed by atoms with van der Waals surface area (Å²) < 4.78 is 5.78. The average molecular weight is 375 g/mol. The fourth-order valence-electron chi connectivity index (χ4n) is 2.16. The predicted octanol–water partition coefficient (Wildman–Crippen LogP) is 4.84. The summed E-state index contributed by atoms with van der Waals surface area (Å²) in [6, 6.07) is 12.2. The maximum atomic E-state index is 11.5. The first-order chi connectivity index (χ1) is 11.9.